The van der Waals surface area contributed by atoms with E-state index in [0.29, 0.717) is 12.1 Å². The molecule has 0 saturated carbocycles. The largest absolute Gasteiger partial charge is 0.478 e. The summed E-state index contributed by atoms with van der Waals surface area (Å²) >= 11 is 1.46. The van der Waals surface area contributed by atoms with Crippen LogP contribution in [0.2, 0.25) is 0 Å². The van der Waals surface area contributed by atoms with Gasteiger partial charge in [-0.05, 0) is 6.07 Å². The zero-order valence-corrected chi connectivity index (χ0v) is 9.98. The van der Waals surface area contributed by atoms with Crippen molar-refractivity contribution in [3.05, 3.63) is 40.6 Å². The molecule has 0 amide bonds. The molecule has 5 nitrogen and oxygen atoms in total. The van der Waals surface area contributed by atoms with Gasteiger partial charge < -0.3 is 15.0 Å². The van der Waals surface area contributed by atoms with Crippen molar-refractivity contribution >= 4 is 17.3 Å². The molecule has 0 atom stereocenters. The van der Waals surface area contributed by atoms with Crippen LogP contribution in [0.1, 0.15) is 15.2 Å². The van der Waals surface area contributed by atoms with Gasteiger partial charge in [-0.25, -0.2) is 9.78 Å². The summed E-state index contributed by atoms with van der Waals surface area (Å²) in [6.45, 7) is 2.39. The molecule has 0 spiro atoms. The van der Waals surface area contributed by atoms with E-state index < -0.39 is 5.97 Å². The van der Waals surface area contributed by atoms with E-state index >= 15 is 0 Å². The minimum Gasteiger partial charge on any atom is -0.478 e. The minimum atomic E-state index is -0.870. The van der Waals surface area contributed by atoms with Crippen molar-refractivity contribution in [2.24, 2.45) is 0 Å². The first-order valence-corrected chi connectivity index (χ1v) is 6.11. The zero-order valence-electron chi connectivity index (χ0n) is 9.17. The Hall–Kier alpha value is -1.66. The number of rotatable bonds is 6. The molecule has 2 rings (SSSR count). The van der Waals surface area contributed by atoms with Crippen molar-refractivity contribution in [2.75, 3.05) is 6.54 Å². The molecule has 0 fully saturated rings. The van der Waals surface area contributed by atoms with E-state index in [1.165, 1.54) is 11.3 Å². The number of imidazole rings is 1. The zero-order chi connectivity index (χ0) is 12.1. The van der Waals surface area contributed by atoms with E-state index in [1.54, 1.807) is 24.0 Å². The van der Waals surface area contributed by atoms with Gasteiger partial charge in [-0.1, -0.05) is 0 Å². The summed E-state index contributed by atoms with van der Waals surface area (Å²) in [6.07, 6.45) is 5.43. The normalized spacial score (nSPS) is 10.6. The summed E-state index contributed by atoms with van der Waals surface area (Å²) < 4.78 is 1.99. The molecule has 0 aliphatic rings. The summed E-state index contributed by atoms with van der Waals surface area (Å²) in [5, 5.41) is 13.7. The maximum atomic E-state index is 10.7. The second kappa shape index (κ2) is 5.60. The molecule has 2 heterocycles. The molecule has 2 aromatic heterocycles. The average Bonchev–Trinajstić information content (AvgIpc) is 2.96. The lowest BCUT2D eigenvalue weighted by molar-refractivity contribution is 0.0697. The first-order chi connectivity index (χ1) is 8.25. The third kappa shape index (κ3) is 3.40. The van der Waals surface area contributed by atoms with Crippen LogP contribution in [0.25, 0.3) is 0 Å². The average molecular weight is 251 g/mol. The molecule has 0 saturated heterocycles. The number of hydrogen-bond acceptors (Lipinski definition) is 4. The Labute approximate surface area is 103 Å². The predicted molar refractivity (Wildman–Crippen MR) is 65.2 cm³/mol. The summed E-state index contributed by atoms with van der Waals surface area (Å²) in [6, 6.07) is 1.71. The smallest absolute Gasteiger partial charge is 0.336 e. The first kappa shape index (κ1) is 11.8. The molecule has 2 N–H and O–H groups in total. The number of aromatic nitrogens is 2. The van der Waals surface area contributed by atoms with Crippen LogP contribution < -0.4 is 5.32 Å². The van der Waals surface area contributed by atoms with Crippen LogP contribution in [-0.4, -0.2) is 27.2 Å². The van der Waals surface area contributed by atoms with E-state index in [1.807, 2.05) is 10.8 Å². The molecule has 0 bridgehead atoms. The van der Waals surface area contributed by atoms with Gasteiger partial charge in [-0.3, -0.25) is 0 Å². The van der Waals surface area contributed by atoms with Gasteiger partial charge in [0.15, 0.2) is 0 Å². The Kier molecular flexibility index (Phi) is 3.89. The van der Waals surface area contributed by atoms with Crippen LogP contribution in [0, 0.1) is 0 Å². The molecule has 0 unspecified atom stereocenters. The Balaban J connectivity index is 1.72. The Morgan fingerprint density at radius 2 is 2.47 bits per heavy atom. The minimum absolute atomic E-state index is 0.362. The van der Waals surface area contributed by atoms with E-state index in [9.17, 15) is 4.79 Å². The number of aromatic carboxylic acids is 1. The first-order valence-electron chi connectivity index (χ1n) is 5.23. The topological polar surface area (TPSA) is 67.2 Å². The van der Waals surface area contributed by atoms with Crippen LogP contribution in [0.15, 0.2) is 30.2 Å². The second-order valence-corrected chi connectivity index (χ2v) is 4.58. The van der Waals surface area contributed by atoms with Gasteiger partial charge in [0.05, 0.1) is 11.9 Å². The maximum Gasteiger partial charge on any atom is 0.336 e. The summed E-state index contributed by atoms with van der Waals surface area (Å²) in [5.41, 5.74) is 0.362. The van der Waals surface area contributed by atoms with Gasteiger partial charge in [0.1, 0.15) is 0 Å². The van der Waals surface area contributed by atoms with Gasteiger partial charge in [-0.2, -0.15) is 0 Å². The fourth-order valence-corrected chi connectivity index (χ4v) is 2.25. The van der Waals surface area contributed by atoms with Gasteiger partial charge in [-0.15, -0.1) is 11.3 Å². The summed E-state index contributed by atoms with van der Waals surface area (Å²) in [5.74, 6) is -0.870. The molecule has 2 aromatic rings. The van der Waals surface area contributed by atoms with Crippen LogP contribution in [0.4, 0.5) is 0 Å². The Morgan fingerprint density at radius 1 is 1.59 bits per heavy atom. The molecular formula is C11H13N3O2S. The van der Waals surface area contributed by atoms with E-state index in [-0.39, 0.29) is 0 Å². The highest BCUT2D eigenvalue weighted by atomic mass is 32.1. The fourth-order valence-electron chi connectivity index (χ4n) is 1.42. The number of thiophene rings is 1. The van der Waals surface area contributed by atoms with Crippen molar-refractivity contribution < 1.29 is 9.90 Å². The molecule has 0 aromatic carbocycles. The number of nitrogens with zero attached hydrogens (tertiary/aromatic N) is 2. The summed E-state index contributed by atoms with van der Waals surface area (Å²) in [7, 11) is 0. The highest BCUT2D eigenvalue weighted by molar-refractivity contribution is 7.10. The van der Waals surface area contributed by atoms with Gasteiger partial charge in [0, 0.05) is 42.3 Å². The molecule has 0 aliphatic carbocycles. The standard InChI is InChI=1S/C11H13N3O2S/c15-11(16)9-5-10(17-7-9)6-12-1-3-14-4-2-13-8-14/h2,4-5,7-8,12H,1,3,6H2,(H,15,16). The Bertz CT molecular complexity index is 479. The molecule has 17 heavy (non-hydrogen) atoms. The number of carbonyl (C=O) groups is 1. The van der Waals surface area contributed by atoms with Gasteiger partial charge in [0.25, 0.3) is 0 Å². The Morgan fingerprint density at radius 3 is 3.12 bits per heavy atom. The molecular weight excluding hydrogens is 238 g/mol. The SMILES string of the molecule is O=C(O)c1csc(CNCCn2ccnc2)c1. The lowest BCUT2D eigenvalue weighted by Crippen LogP contribution is -2.18. The third-order valence-electron chi connectivity index (χ3n) is 2.31. The number of nitrogens with one attached hydrogen (secondary N) is 1. The highest BCUT2D eigenvalue weighted by Gasteiger charge is 2.05. The number of carboxylic acids is 1. The molecule has 0 radical (unpaired) electrons. The van der Waals surface area contributed by atoms with Crippen molar-refractivity contribution in [2.45, 2.75) is 13.1 Å². The van der Waals surface area contributed by atoms with Crippen molar-refractivity contribution in [3.8, 4) is 0 Å². The highest BCUT2D eigenvalue weighted by Crippen LogP contribution is 2.14. The van der Waals surface area contributed by atoms with E-state index in [0.717, 1.165) is 18.0 Å². The maximum absolute atomic E-state index is 10.7. The van der Waals surface area contributed by atoms with Crippen molar-refractivity contribution in [1.82, 2.24) is 14.9 Å². The second-order valence-electron chi connectivity index (χ2n) is 3.58. The number of hydrogen-bond donors (Lipinski definition) is 2. The predicted octanol–water partition coefficient (Wildman–Crippen LogP) is 1.43. The molecule has 90 valence electrons. The van der Waals surface area contributed by atoms with Crippen LogP contribution in [0.5, 0.6) is 0 Å². The van der Waals surface area contributed by atoms with E-state index in [4.69, 9.17) is 5.11 Å². The van der Waals surface area contributed by atoms with E-state index in [2.05, 4.69) is 10.3 Å². The fraction of sp³-hybridized carbons (Fsp3) is 0.273. The van der Waals surface area contributed by atoms with Crippen LogP contribution in [-0.2, 0) is 13.1 Å². The van der Waals surface area contributed by atoms with Crippen molar-refractivity contribution in [1.29, 1.82) is 0 Å². The van der Waals surface area contributed by atoms with Gasteiger partial charge in [0.2, 0.25) is 0 Å². The summed E-state index contributed by atoms with van der Waals surface area (Å²) in [4.78, 5) is 15.7. The van der Waals surface area contributed by atoms with Crippen LogP contribution in [0.3, 0.4) is 0 Å². The number of carboxylic acid groups (broad SMARTS) is 1. The third-order valence-corrected chi connectivity index (χ3v) is 3.24. The van der Waals surface area contributed by atoms with Crippen LogP contribution >= 0.6 is 11.3 Å². The monoisotopic (exact) mass is 251 g/mol. The quantitative estimate of drug-likeness (QED) is 0.762. The lowest BCUT2D eigenvalue weighted by atomic mass is 10.3. The molecule has 6 heteroatoms. The lowest BCUT2D eigenvalue weighted by Gasteiger charge is -2.03. The van der Waals surface area contributed by atoms with Crippen molar-refractivity contribution in [3.63, 3.8) is 0 Å². The molecule has 0 aliphatic heterocycles. The van der Waals surface area contributed by atoms with Gasteiger partial charge >= 0.3 is 5.97 Å².